The summed E-state index contributed by atoms with van der Waals surface area (Å²) in [6.07, 6.45) is 0.388. The summed E-state index contributed by atoms with van der Waals surface area (Å²) in [5.74, 6) is 0. The van der Waals surface area contributed by atoms with E-state index in [1.54, 1.807) is 7.11 Å². The first kappa shape index (κ1) is 25.6. The van der Waals surface area contributed by atoms with Gasteiger partial charge >= 0.3 is 0 Å². The minimum Gasteiger partial charge on any atom is -0.373 e. The fourth-order valence-corrected chi connectivity index (χ4v) is 4.51. The third kappa shape index (κ3) is 6.97. The van der Waals surface area contributed by atoms with Crippen molar-refractivity contribution in [2.24, 2.45) is 0 Å². The normalized spacial score (nSPS) is 25.2. The summed E-state index contributed by atoms with van der Waals surface area (Å²) < 4.78 is 31.7. The molecule has 32 heavy (non-hydrogen) atoms. The molecule has 2 aromatic rings. The van der Waals surface area contributed by atoms with Crippen molar-refractivity contribution in [1.29, 1.82) is 0 Å². The summed E-state index contributed by atoms with van der Waals surface area (Å²) in [5.41, 5.74) is 1.23. The molecule has 0 aliphatic carbocycles. The first-order chi connectivity index (χ1) is 15.4. The molecule has 1 aliphatic rings. The zero-order valence-corrected chi connectivity index (χ0v) is 21.8. The maximum Gasteiger partial charge on any atom is 0.187 e. The van der Waals surface area contributed by atoms with Gasteiger partial charge in [0.1, 0.15) is 17.8 Å². The van der Waals surface area contributed by atoms with E-state index in [0.717, 1.165) is 14.5 Å². The smallest absolute Gasteiger partial charge is 0.187 e. The molecule has 0 N–H and O–H groups in total. The van der Waals surface area contributed by atoms with Crippen LogP contribution in [0.3, 0.4) is 0 Å². The number of halogens is 2. The summed E-state index contributed by atoms with van der Waals surface area (Å²) >= 11 is 7.00. The Bertz CT molecular complexity index is 842. The van der Waals surface area contributed by atoms with Crippen LogP contribution in [0.15, 0.2) is 70.1 Å². The second-order valence-electron chi connectivity index (χ2n) is 7.96. The van der Waals surface area contributed by atoms with Gasteiger partial charge in [-0.25, -0.2) is 0 Å². The Labute approximate surface area is 207 Å². The van der Waals surface area contributed by atoms with Crippen LogP contribution in [-0.2, 0) is 36.9 Å². The van der Waals surface area contributed by atoms with Gasteiger partial charge in [0.05, 0.1) is 29.3 Å². The highest BCUT2D eigenvalue weighted by Gasteiger charge is 2.56. The van der Waals surface area contributed by atoms with Crippen LogP contribution >= 0.6 is 31.9 Å². The molecule has 1 fully saturated rings. The van der Waals surface area contributed by atoms with Gasteiger partial charge in [0.25, 0.3) is 0 Å². The van der Waals surface area contributed by atoms with Crippen LogP contribution in [0.2, 0.25) is 0 Å². The van der Waals surface area contributed by atoms with E-state index in [0.29, 0.717) is 13.2 Å². The maximum atomic E-state index is 6.48. The molecule has 0 amide bonds. The number of hydrogen-bond donors (Lipinski definition) is 0. The van der Waals surface area contributed by atoms with Gasteiger partial charge < -0.3 is 23.7 Å². The molecule has 1 saturated heterocycles. The third-order valence-electron chi connectivity index (χ3n) is 5.13. The molecule has 174 valence electrons. The quantitative estimate of drug-likeness (QED) is 0.334. The summed E-state index contributed by atoms with van der Waals surface area (Å²) in [5, 5.41) is 0. The van der Waals surface area contributed by atoms with E-state index in [2.05, 4.69) is 31.9 Å². The first-order valence-electron chi connectivity index (χ1n) is 10.6. The van der Waals surface area contributed by atoms with Crippen molar-refractivity contribution in [3.05, 3.63) is 81.3 Å². The molecule has 1 aliphatic heterocycles. The zero-order chi connectivity index (χ0) is 23.0. The molecule has 4 atom stereocenters. The van der Waals surface area contributed by atoms with Crippen LogP contribution in [0, 0.1) is 0 Å². The Kier molecular flexibility index (Phi) is 9.92. The topological polar surface area (TPSA) is 46.2 Å². The molecule has 0 radical (unpaired) electrons. The van der Waals surface area contributed by atoms with Gasteiger partial charge in [0.15, 0.2) is 6.29 Å². The van der Waals surface area contributed by atoms with Crippen molar-refractivity contribution in [2.45, 2.75) is 57.3 Å². The van der Waals surface area contributed by atoms with Gasteiger partial charge in [-0.3, -0.25) is 0 Å². The van der Waals surface area contributed by atoms with E-state index in [4.69, 9.17) is 23.7 Å². The van der Waals surface area contributed by atoms with Gasteiger partial charge in [0.2, 0.25) is 0 Å². The Hall–Kier alpha value is -1.06. The van der Waals surface area contributed by atoms with E-state index in [9.17, 15) is 0 Å². The van der Waals surface area contributed by atoms with Crippen molar-refractivity contribution < 1.29 is 23.7 Å². The van der Waals surface area contributed by atoms with Crippen molar-refractivity contribution in [3.8, 4) is 0 Å². The van der Waals surface area contributed by atoms with Gasteiger partial charge in [-0.05, 0) is 62.9 Å². The van der Waals surface area contributed by atoms with E-state index in [-0.39, 0.29) is 12.7 Å². The van der Waals surface area contributed by atoms with Gasteiger partial charge in [-0.2, -0.15) is 0 Å². The minimum atomic E-state index is -0.924. The summed E-state index contributed by atoms with van der Waals surface area (Å²) in [6, 6.07) is 20.1. The lowest BCUT2D eigenvalue weighted by Crippen LogP contribution is -2.47. The minimum absolute atomic E-state index is 0.0372. The van der Waals surface area contributed by atoms with Crippen molar-refractivity contribution in [3.63, 3.8) is 0 Å². The first-order valence-corrected chi connectivity index (χ1v) is 12.2. The highest BCUT2D eigenvalue weighted by molar-refractivity contribution is 9.28. The lowest BCUT2D eigenvalue weighted by atomic mass is 9.95. The lowest BCUT2D eigenvalue weighted by Gasteiger charge is -2.32. The van der Waals surface area contributed by atoms with Crippen molar-refractivity contribution in [1.82, 2.24) is 0 Å². The standard InChI is InChI=1S/C25H30Br2O5/c1-18(2)31-24-22(28-3)23(30-16-20-12-8-5-9-13-20)25(32-24,14-21(26)27)17-29-15-19-10-6-4-7-11-19/h4-14,18,22-24H,15-17H2,1-3H3/t22-,23-,24?,25?/m0/s1. The summed E-state index contributed by atoms with van der Waals surface area (Å²) in [6.45, 7) is 5.08. The molecule has 2 unspecified atom stereocenters. The van der Waals surface area contributed by atoms with Crippen molar-refractivity contribution >= 4 is 31.9 Å². The second-order valence-corrected chi connectivity index (χ2v) is 10.7. The number of benzene rings is 2. The van der Waals surface area contributed by atoms with Crippen molar-refractivity contribution in [2.75, 3.05) is 13.7 Å². The average molecular weight is 570 g/mol. The Morgan fingerprint density at radius 2 is 1.59 bits per heavy atom. The highest BCUT2D eigenvalue weighted by atomic mass is 79.9. The molecule has 0 spiro atoms. The molecule has 7 heteroatoms. The van der Waals surface area contributed by atoms with Crippen LogP contribution in [0.25, 0.3) is 0 Å². The predicted molar refractivity (Wildman–Crippen MR) is 132 cm³/mol. The molecule has 5 nitrogen and oxygen atoms in total. The fourth-order valence-electron chi connectivity index (χ4n) is 3.74. The highest BCUT2D eigenvalue weighted by Crippen LogP contribution is 2.40. The van der Waals surface area contributed by atoms with E-state index >= 15 is 0 Å². The van der Waals surface area contributed by atoms with E-state index in [1.165, 1.54) is 0 Å². The number of rotatable bonds is 11. The Balaban J connectivity index is 1.86. The number of methoxy groups -OCH3 is 1. The summed E-state index contributed by atoms with van der Waals surface area (Å²) in [7, 11) is 1.65. The molecule has 0 saturated carbocycles. The second kappa shape index (κ2) is 12.4. The SMILES string of the molecule is CO[C@@H]1C(OC(C)C)OC(C=C(Br)Br)(COCc2ccccc2)[C@H]1OCc1ccccc1. The van der Waals surface area contributed by atoms with Crippen LogP contribution in [0.1, 0.15) is 25.0 Å². The van der Waals surface area contributed by atoms with Gasteiger partial charge in [-0.15, -0.1) is 0 Å². The van der Waals surface area contributed by atoms with Crippen LogP contribution in [-0.4, -0.2) is 43.9 Å². The predicted octanol–water partition coefficient (Wildman–Crippen LogP) is 5.95. The number of hydrogen-bond acceptors (Lipinski definition) is 5. The van der Waals surface area contributed by atoms with E-state index in [1.807, 2.05) is 80.6 Å². The largest absolute Gasteiger partial charge is 0.373 e. The van der Waals surface area contributed by atoms with Gasteiger partial charge in [0, 0.05) is 7.11 Å². The molecular weight excluding hydrogens is 540 g/mol. The Morgan fingerprint density at radius 1 is 1.00 bits per heavy atom. The summed E-state index contributed by atoms with van der Waals surface area (Å²) in [4.78, 5) is 0. The zero-order valence-electron chi connectivity index (χ0n) is 18.6. The molecule has 2 aromatic carbocycles. The fraction of sp³-hybridized carbons (Fsp3) is 0.440. The molecule has 3 rings (SSSR count). The molecular formula is C25H30Br2O5. The molecule has 0 bridgehead atoms. The van der Waals surface area contributed by atoms with E-state index < -0.39 is 24.1 Å². The molecule has 1 heterocycles. The van der Waals surface area contributed by atoms with Crippen LogP contribution in [0.4, 0.5) is 0 Å². The van der Waals surface area contributed by atoms with Gasteiger partial charge in [-0.1, -0.05) is 60.7 Å². The van der Waals surface area contributed by atoms with Crippen LogP contribution in [0.5, 0.6) is 0 Å². The molecule has 0 aromatic heterocycles. The lowest BCUT2D eigenvalue weighted by molar-refractivity contribution is -0.208. The monoisotopic (exact) mass is 568 g/mol. The average Bonchev–Trinajstić information content (AvgIpc) is 3.04. The third-order valence-corrected chi connectivity index (χ3v) is 5.59. The van der Waals surface area contributed by atoms with Crippen LogP contribution < -0.4 is 0 Å². The maximum absolute atomic E-state index is 6.48. The Morgan fingerprint density at radius 3 is 2.12 bits per heavy atom. The number of ether oxygens (including phenoxy) is 5.